The Morgan fingerprint density at radius 2 is 1.90 bits per heavy atom. The third-order valence-corrected chi connectivity index (χ3v) is 2.97. The molecule has 1 N–H and O–H groups in total. The van der Waals surface area contributed by atoms with Gasteiger partial charge in [-0.25, -0.2) is 0 Å². The van der Waals surface area contributed by atoms with Crippen molar-refractivity contribution >= 4 is 0 Å². The van der Waals surface area contributed by atoms with Gasteiger partial charge < -0.3 is 10.1 Å². The average molecular weight is 289 g/mol. The summed E-state index contributed by atoms with van der Waals surface area (Å²) in [5.41, 5.74) is 0.859. The fraction of sp³-hybridized carbons (Fsp3) is 0.600. The average Bonchev–Trinajstić information content (AvgIpc) is 2.32. The summed E-state index contributed by atoms with van der Waals surface area (Å²) in [6, 6.07) is 6.20. The second kappa shape index (κ2) is 7.53. The number of ether oxygens (including phenoxy) is 1. The van der Waals surface area contributed by atoms with Crippen LogP contribution in [0.2, 0.25) is 0 Å². The Balaban J connectivity index is 2.51. The summed E-state index contributed by atoms with van der Waals surface area (Å²) in [6.07, 6.45) is -3.76. The molecular formula is C15H22F3NO. The highest BCUT2D eigenvalue weighted by Crippen LogP contribution is 2.27. The Morgan fingerprint density at radius 1 is 1.20 bits per heavy atom. The second-order valence-electron chi connectivity index (χ2n) is 5.41. The summed E-state index contributed by atoms with van der Waals surface area (Å²) in [4.78, 5) is 0. The predicted octanol–water partition coefficient (Wildman–Crippen LogP) is 4.32. The van der Waals surface area contributed by atoms with Gasteiger partial charge in [-0.1, -0.05) is 32.9 Å². The van der Waals surface area contributed by atoms with E-state index in [1.165, 1.54) is 12.1 Å². The number of alkyl halides is 3. The van der Waals surface area contributed by atoms with Crippen LogP contribution >= 0.6 is 0 Å². The van der Waals surface area contributed by atoms with Crippen LogP contribution in [0.25, 0.3) is 0 Å². The third-order valence-electron chi connectivity index (χ3n) is 2.97. The van der Waals surface area contributed by atoms with Crippen LogP contribution in [0.4, 0.5) is 13.2 Å². The topological polar surface area (TPSA) is 21.3 Å². The van der Waals surface area contributed by atoms with Gasteiger partial charge in [-0.3, -0.25) is 0 Å². The Labute approximate surface area is 118 Å². The first-order chi connectivity index (χ1) is 9.28. The van der Waals surface area contributed by atoms with Gasteiger partial charge in [0.1, 0.15) is 5.75 Å². The summed E-state index contributed by atoms with van der Waals surface area (Å²) < 4.78 is 40.4. The van der Waals surface area contributed by atoms with E-state index in [-0.39, 0.29) is 11.7 Å². The predicted molar refractivity (Wildman–Crippen MR) is 73.9 cm³/mol. The van der Waals surface area contributed by atoms with Crippen molar-refractivity contribution in [2.24, 2.45) is 5.92 Å². The molecule has 0 saturated carbocycles. The molecule has 2 nitrogen and oxygen atoms in total. The Bertz CT molecular complexity index is 404. The van der Waals surface area contributed by atoms with Crippen LogP contribution in [-0.4, -0.2) is 19.5 Å². The summed E-state index contributed by atoms with van der Waals surface area (Å²) in [6.45, 7) is 8.07. The number of hydrogen-bond donors (Lipinski definition) is 1. The molecule has 0 saturated heterocycles. The number of benzene rings is 1. The molecule has 1 unspecified atom stereocenters. The van der Waals surface area contributed by atoms with Crippen molar-refractivity contribution in [1.29, 1.82) is 0 Å². The lowest BCUT2D eigenvalue weighted by Crippen LogP contribution is -2.21. The molecule has 0 fully saturated rings. The van der Waals surface area contributed by atoms with Crippen molar-refractivity contribution < 1.29 is 17.9 Å². The molecule has 0 aliphatic rings. The molecule has 0 bridgehead atoms. The maximum absolute atomic E-state index is 12.2. The molecule has 1 rings (SSSR count). The fourth-order valence-electron chi connectivity index (χ4n) is 1.89. The van der Waals surface area contributed by atoms with Crippen molar-refractivity contribution in [3.63, 3.8) is 0 Å². The van der Waals surface area contributed by atoms with Gasteiger partial charge in [-0.2, -0.15) is 0 Å². The summed E-state index contributed by atoms with van der Waals surface area (Å²) >= 11 is 0. The van der Waals surface area contributed by atoms with E-state index in [0.29, 0.717) is 5.92 Å². The van der Waals surface area contributed by atoms with Crippen LogP contribution in [0.5, 0.6) is 5.75 Å². The highest BCUT2D eigenvalue weighted by Gasteiger charge is 2.31. The van der Waals surface area contributed by atoms with Gasteiger partial charge in [0, 0.05) is 0 Å². The molecule has 0 spiro atoms. The quantitative estimate of drug-likeness (QED) is 0.755. The minimum Gasteiger partial charge on any atom is -0.406 e. The summed E-state index contributed by atoms with van der Waals surface area (Å²) in [5.74, 6) is 0.622. The Kier molecular flexibility index (Phi) is 6.33. The Morgan fingerprint density at radius 3 is 2.50 bits per heavy atom. The maximum atomic E-state index is 12.2. The van der Waals surface area contributed by atoms with Crippen molar-refractivity contribution in [2.75, 3.05) is 13.1 Å². The molecule has 1 aromatic rings. The first kappa shape index (κ1) is 16.8. The van der Waals surface area contributed by atoms with Crippen molar-refractivity contribution in [3.05, 3.63) is 29.8 Å². The van der Waals surface area contributed by atoms with E-state index < -0.39 is 6.36 Å². The van der Waals surface area contributed by atoms with Crippen LogP contribution < -0.4 is 10.1 Å². The lowest BCUT2D eigenvalue weighted by atomic mass is 9.97. The molecule has 114 valence electrons. The van der Waals surface area contributed by atoms with Gasteiger partial charge in [-0.05, 0) is 49.0 Å². The number of halogens is 3. The normalized spacial score (nSPS) is 13.6. The molecule has 5 heteroatoms. The van der Waals surface area contributed by atoms with E-state index >= 15 is 0 Å². The second-order valence-corrected chi connectivity index (χ2v) is 5.41. The van der Waals surface area contributed by atoms with Gasteiger partial charge in [0.15, 0.2) is 0 Å². The monoisotopic (exact) mass is 289 g/mol. The van der Waals surface area contributed by atoms with Gasteiger partial charge in [0.25, 0.3) is 0 Å². The number of rotatable bonds is 7. The third kappa shape index (κ3) is 6.80. The summed E-state index contributed by atoms with van der Waals surface area (Å²) in [5, 5.41) is 3.33. The van der Waals surface area contributed by atoms with Crippen LogP contribution in [-0.2, 0) is 0 Å². The fourth-order valence-corrected chi connectivity index (χ4v) is 1.89. The van der Waals surface area contributed by atoms with Crippen LogP contribution in [0.3, 0.4) is 0 Å². The zero-order chi connectivity index (χ0) is 15.2. The van der Waals surface area contributed by atoms with Gasteiger partial charge in [-0.15, -0.1) is 13.2 Å². The van der Waals surface area contributed by atoms with Gasteiger partial charge in [0.05, 0.1) is 0 Å². The molecule has 20 heavy (non-hydrogen) atoms. The lowest BCUT2D eigenvalue weighted by molar-refractivity contribution is -0.274. The Hall–Kier alpha value is -1.23. The number of hydrogen-bond acceptors (Lipinski definition) is 2. The lowest BCUT2D eigenvalue weighted by Gasteiger charge is -2.15. The minimum atomic E-state index is -4.64. The molecule has 0 aliphatic heterocycles. The highest BCUT2D eigenvalue weighted by atomic mass is 19.4. The standard InChI is InChI=1S/C15H22F3NO/c1-11(2)10-19-8-7-12(3)13-5-4-6-14(9-13)20-15(16,17)18/h4-6,9,11-12,19H,7-8,10H2,1-3H3. The van der Waals surface area contributed by atoms with E-state index in [9.17, 15) is 13.2 Å². The molecular weight excluding hydrogens is 267 g/mol. The van der Waals surface area contributed by atoms with Crippen LogP contribution in [0.1, 0.15) is 38.7 Å². The molecule has 1 aromatic carbocycles. The van der Waals surface area contributed by atoms with Crippen LogP contribution in [0.15, 0.2) is 24.3 Å². The first-order valence-electron chi connectivity index (χ1n) is 6.84. The maximum Gasteiger partial charge on any atom is 0.573 e. The SMILES string of the molecule is CC(C)CNCCC(C)c1cccc(OC(F)(F)F)c1. The largest absolute Gasteiger partial charge is 0.573 e. The molecule has 0 aliphatic carbocycles. The van der Waals surface area contributed by atoms with Gasteiger partial charge >= 0.3 is 6.36 Å². The van der Waals surface area contributed by atoms with Crippen molar-refractivity contribution in [3.8, 4) is 5.75 Å². The van der Waals surface area contributed by atoms with Gasteiger partial charge in [0.2, 0.25) is 0 Å². The van der Waals surface area contributed by atoms with E-state index in [1.807, 2.05) is 13.0 Å². The molecule has 0 radical (unpaired) electrons. The molecule has 1 atom stereocenters. The molecule has 0 aromatic heterocycles. The highest BCUT2D eigenvalue weighted by molar-refractivity contribution is 5.30. The zero-order valence-electron chi connectivity index (χ0n) is 12.1. The van der Waals surface area contributed by atoms with Crippen molar-refractivity contribution in [2.45, 2.75) is 39.5 Å². The van der Waals surface area contributed by atoms with E-state index in [1.54, 1.807) is 6.07 Å². The molecule has 0 amide bonds. The van der Waals surface area contributed by atoms with Crippen molar-refractivity contribution in [1.82, 2.24) is 5.32 Å². The van der Waals surface area contributed by atoms with Crippen LogP contribution in [0, 0.1) is 5.92 Å². The van der Waals surface area contributed by atoms with E-state index in [0.717, 1.165) is 25.1 Å². The van der Waals surface area contributed by atoms with E-state index in [2.05, 4.69) is 23.9 Å². The first-order valence-corrected chi connectivity index (χ1v) is 6.84. The number of nitrogens with one attached hydrogen (secondary N) is 1. The van der Waals surface area contributed by atoms with E-state index in [4.69, 9.17) is 0 Å². The minimum absolute atomic E-state index is 0.156. The summed E-state index contributed by atoms with van der Waals surface area (Å²) in [7, 11) is 0. The molecule has 0 heterocycles. The zero-order valence-corrected chi connectivity index (χ0v) is 12.1. The smallest absolute Gasteiger partial charge is 0.406 e.